The molecular weight excluding hydrogens is 312 g/mol. The molecule has 0 fully saturated rings. The first-order chi connectivity index (χ1) is 11.9. The van der Waals surface area contributed by atoms with Crippen molar-refractivity contribution in [2.75, 3.05) is 27.2 Å². The molecule has 0 bridgehead atoms. The number of hydrogen-bond donors (Lipinski definition) is 1. The van der Waals surface area contributed by atoms with Crippen LogP contribution in [0.15, 0.2) is 54.6 Å². The van der Waals surface area contributed by atoms with E-state index in [0.29, 0.717) is 24.5 Å². The Labute approximate surface area is 150 Å². The second-order valence-corrected chi connectivity index (χ2v) is 7.39. The van der Waals surface area contributed by atoms with Gasteiger partial charge in [0.15, 0.2) is 0 Å². The number of carbonyl (C=O) groups excluding carboxylic acids is 1. The van der Waals surface area contributed by atoms with Crippen molar-refractivity contribution in [1.29, 1.82) is 0 Å². The van der Waals surface area contributed by atoms with E-state index < -0.39 is 0 Å². The summed E-state index contributed by atoms with van der Waals surface area (Å²) in [6.07, 6.45) is 0. The molecule has 0 aliphatic rings. The average molecular weight is 340 g/mol. The van der Waals surface area contributed by atoms with Crippen molar-refractivity contribution in [3.63, 3.8) is 0 Å². The van der Waals surface area contributed by atoms with E-state index in [1.54, 1.807) is 6.07 Å². The topological polar surface area (TPSA) is 41.6 Å². The van der Waals surface area contributed by atoms with Gasteiger partial charge in [-0.15, -0.1) is 0 Å². The van der Waals surface area contributed by atoms with Crippen molar-refractivity contribution in [1.82, 2.24) is 10.2 Å². The van der Waals surface area contributed by atoms with E-state index in [-0.39, 0.29) is 11.3 Å². The van der Waals surface area contributed by atoms with Gasteiger partial charge in [-0.25, -0.2) is 0 Å². The lowest BCUT2D eigenvalue weighted by molar-refractivity contribution is 0.0928. The van der Waals surface area contributed by atoms with Gasteiger partial charge in [0.2, 0.25) is 0 Å². The summed E-state index contributed by atoms with van der Waals surface area (Å²) in [6.45, 7) is 6.31. The number of benzene rings is 2. The van der Waals surface area contributed by atoms with Gasteiger partial charge in [-0.2, -0.15) is 0 Å². The van der Waals surface area contributed by atoms with Crippen LogP contribution in [0.5, 0.6) is 5.75 Å². The molecule has 0 atom stereocenters. The van der Waals surface area contributed by atoms with Crippen molar-refractivity contribution in [2.24, 2.45) is 5.41 Å². The van der Waals surface area contributed by atoms with Gasteiger partial charge in [0.25, 0.3) is 5.91 Å². The molecule has 0 spiro atoms. The Morgan fingerprint density at radius 2 is 1.80 bits per heavy atom. The van der Waals surface area contributed by atoms with Gasteiger partial charge in [-0.1, -0.05) is 50.2 Å². The highest BCUT2D eigenvalue weighted by Crippen LogP contribution is 2.17. The Bertz CT molecular complexity index is 681. The Hall–Kier alpha value is -2.33. The SMILES string of the molecule is CN(C)CC(C)(C)CNC(=O)c1cccc(OCc2ccccc2)c1. The lowest BCUT2D eigenvalue weighted by atomic mass is 9.93. The molecule has 1 amide bonds. The quantitative estimate of drug-likeness (QED) is 0.798. The van der Waals surface area contributed by atoms with Gasteiger partial charge in [0.05, 0.1) is 0 Å². The summed E-state index contributed by atoms with van der Waals surface area (Å²) in [5, 5.41) is 3.02. The van der Waals surface area contributed by atoms with Crippen molar-refractivity contribution < 1.29 is 9.53 Å². The molecule has 2 rings (SSSR count). The van der Waals surface area contributed by atoms with Crippen LogP contribution in [0.25, 0.3) is 0 Å². The van der Waals surface area contributed by atoms with Crippen LogP contribution in [-0.2, 0) is 6.61 Å². The highest BCUT2D eigenvalue weighted by Gasteiger charge is 2.20. The van der Waals surface area contributed by atoms with Crippen molar-refractivity contribution >= 4 is 5.91 Å². The van der Waals surface area contributed by atoms with E-state index in [4.69, 9.17) is 4.74 Å². The van der Waals surface area contributed by atoms with E-state index in [9.17, 15) is 4.79 Å². The van der Waals surface area contributed by atoms with Gasteiger partial charge in [-0.3, -0.25) is 4.79 Å². The van der Waals surface area contributed by atoms with Gasteiger partial charge >= 0.3 is 0 Å². The van der Waals surface area contributed by atoms with Crippen LogP contribution in [0.3, 0.4) is 0 Å². The number of nitrogens with zero attached hydrogens (tertiary/aromatic N) is 1. The highest BCUT2D eigenvalue weighted by atomic mass is 16.5. The molecule has 0 aliphatic heterocycles. The fourth-order valence-electron chi connectivity index (χ4n) is 2.80. The summed E-state index contributed by atoms with van der Waals surface area (Å²) in [4.78, 5) is 14.6. The van der Waals surface area contributed by atoms with E-state index in [0.717, 1.165) is 12.1 Å². The summed E-state index contributed by atoms with van der Waals surface area (Å²) >= 11 is 0. The smallest absolute Gasteiger partial charge is 0.251 e. The Morgan fingerprint density at radius 3 is 2.48 bits per heavy atom. The van der Waals surface area contributed by atoms with E-state index in [1.165, 1.54) is 0 Å². The lowest BCUT2D eigenvalue weighted by Gasteiger charge is -2.28. The maximum atomic E-state index is 12.4. The molecule has 0 unspecified atom stereocenters. The van der Waals surface area contributed by atoms with Crippen molar-refractivity contribution in [2.45, 2.75) is 20.5 Å². The van der Waals surface area contributed by atoms with Crippen LogP contribution < -0.4 is 10.1 Å². The van der Waals surface area contributed by atoms with Crippen molar-refractivity contribution in [3.05, 3.63) is 65.7 Å². The lowest BCUT2D eigenvalue weighted by Crippen LogP contribution is -2.39. The Kier molecular flexibility index (Phi) is 6.59. The predicted molar refractivity (Wildman–Crippen MR) is 102 cm³/mol. The molecule has 0 aromatic heterocycles. The summed E-state index contributed by atoms with van der Waals surface area (Å²) < 4.78 is 5.79. The molecule has 4 nitrogen and oxygen atoms in total. The molecule has 25 heavy (non-hydrogen) atoms. The van der Waals surface area contributed by atoms with Crippen LogP contribution in [0, 0.1) is 5.41 Å². The summed E-state index contributed by atoms with van der Waals surface area (Å²) in [5.41, 5.74) is 1.73. The standard InChI is InChI=1S/C21H28N2O2/c1-21(2,16-23(3)4)15-22-20(24)18-11-8-12-19(13-18)25-14-17-9-6-5-7-10-17/h5-13H,14-16H2,1-4H3,(H,22,24). The maximum absolute atomic E-state index is 12.4. The van der Waals surface area contributed by atoms with Crippen LogP contribution in [0.2, 0.25) is 0 Å². The van der Waals surface area contributed by atoms with Crippen LogP contribution in [-0.4, -0.2) is 38.0 Å². The number of rotatable bonds is 8. The minimum atomic E-state index is -0.0722. The molecule has 0 radical (unpaired) electrons. The first kappa shape index (κ1) is 19.0. The molecule has 1 N–H and O–H groups in total. The zero-order valence-corrected chi connectivity index (χ0v) is 15.6. The Balaban J connectivity index is 1.92. The van der Waals surface area contributed by atoms with Crippen LogP contribution in [0.1, 0.15) is 29.8 Å². The highest BCUT2D eigenvalue weighted by molar-refractivity contribution is 5.94. The molecule has 134 valence electrons. The average Bonchev–Trinajstić information content (AvgIpc) is 2.58. The predicted octanol–water partition coefficient (Wildman–Crippen LogP) is 3.58. The van der Waals surface area contributed by atoms with Gasteiger partial charge in [0.1, 0.15) is 12.4 Å². The zero-order valence-electron chi connectivity index (χ0n) is 15.6. The monoisotopic (exact) mass is 340 g/mol. The second kappa shape index (κ2) is 8.67. The molecule has 0 heterocycles. The summed E-state index contributed by atoms with van der Waals surface area (Å²) in [6, 6.07) is 17.3. The largest absolute Gasteiger partial charge is 0.489 e. The third kappa shape index (κ3) is 6.59. The molecular formula is C21H28N2O2. The molecule has 4 heteroatoms. The number of ether oxygens (including phenoxy) is 1. The minimum Gasteiger partial charge on any atom is -0.489 e. The molecule has 0 saturated carbocycles. The molecule has 0 aliphatic carbocycles. The third-order valence-corrected chi connectivity index (χ3v) is 3.82. The fourth-order valence-corrected chi connectivity index (χ4v) is 2.80. The normalized spacial score (nSPS) is 11.4. The summed E-state index contributed by atoms with van der Waals surface area (Å²) in [7, 11) is 4.08. The van der Waals surface area contributed by atoms with Gasteiger partial charge < -0.3 is 15.0 Å². The fraction of sp³-hybridized carbons (Fsp3) is 0.381. The Morgan fingerprint density at radius 1 is 1.08 bits per heavy atom. The maximum Gasteiger partial charge on any atom is 0.251 e. The third-order valence-electron chi connectivity index (χ3n) is 3.82. The van der Waals surface area contributed by atoms with E-state index >= 15 is 0 Å². The van der Waals surface area contributed by atoms with Crippen LogP contribution in [0.4, 0.5) is 0 Å². The van der Waals surface area contributed by atoms with Gasteiger partial charge in [-0.05, 0) is 43.3 Å². The van der Waals surface area contributed by atoms with E-state index in [1.807, 2.05) is 62.6 Å². The molecule has 2 aromatic rings. The van der Waals surface area contributed by atoms with E-state index in [2.05, 4.69) is 24.1 Å². The zero-order chi connectivity index (χ0) is 18.3. The minimum absolute atomic E-state index is 0.0145. The summed E-state index contributed by atoms with van der Waals surface area (Å²) in [5.74, 6) is 0.626. The van der Waals surface area contributed by atoms with Gasteiger partial charge in [0, 0.05) is 18.7 Å². The number of amides is 1. The first-order valence-electron chi connectivity index (χ1n) is 8.55. The number of nitrogens with one attached hydrogen (secondary N) is 1. The second-order valence-electron chi connectivity index (χ2n) is 7.39. The first-order valence-corrected chi connectivity index (χ1v) is 8.55. The molecule has 0 saturated heterocycles. The van der Waals surface area contributed by atoms with Crippen LogP contribution >= 0.6 is 0 Å². The number of hydrogen-bond acceptors (Lipinski definition) is 3. The van der Waals surface area contributed by atoms with Crippen molar-refractivity contribution in [3.8, 4) is 5.75 Å². The molecule has 2 aromatic carbocycles. The number of carbonyl (C=O) groups is 1.